The summed E-state index contributed by atoms with van der Waals surface area (Å²) in [6.07, 6.45) is 0.928. The maximum Gasteiger partial charge on any atom is 0.307 e. The fourth-order valence-corrected chi connectivity index (χ4v) is 3.40. The van der Waals surface area contributed by atoms with Crippen molar-refractivity contribution in [2.24, 2.45) is 5.11 Å². The molecular formula is C22H28N4O3. The third kappa shape index (κ3) is 6.52. The quantitative estimate of drug-likeness (QED) is 0.175. The molecule has 154 valence electrons. The molecule has 0 spiro atoms. The monoisotopic (exact) mass is 396 g/mol. The number of hydrogen-bond acceptors (Lipinski definition) is 5. The summed E-state index contributed by atoms with van der Waals surface area (Å²) in [7, 11) is 3.05. The van der Waals surface area contributed by atoms with Crippen LogP contribution in [0, 0.1) is 0 Å². The Bertz CT molecular complexity index is 805. The molecule has 7 heteroatoms. The highest BCUT2D eigenvalue weighted by molar-refractivity contribution is 5.70. The topological polar surface area (TPSA) is 87.5 Å². The Labute approximate surface area is 171 Å². The molecule has 0 radical (unpaired) electrons. The number of methoxy groups -OCH3 is 2. The van der Waals surface area contributed by atoms with Crippen molar-refractivity contribution in [1.29, 1.82) is 0 Å². The standard InChI is InChI=1S/C22H28N4O3/c1-17(18-10-12-20(28-2)13-11-18)26(15-7-14-24-25-23)21(16-22(27)29-3)19-8-5-4-6-9-19/h4-6,8-13,17,21H,7,14-16H2,1-3H3/t17-,21+/m1/s1. The molecule has 0 fully saturated rings. The molecule has 2 aromatic carbocycles. The van der Waals surface area contributed by atoms with Crippen LogP contribution >= 0.6 is 0 Å². The molecule has 0 amide bonds. The van der Waals surface area contributed by atoms with Gasteiger partial charge in [-0.1, -0.05) is 47.6 Å². The van der Waals surface area contributed by atoms with E-state index in [0.29, 0.717) is 19.5 Å². The fourth-order valence-electron chi connectivity index (χ4n) is 3.40. The summed E-state index contributed by atoms with van der Waals surface area (Å²) in [5.74, 6) is 0.533. The number of nitrogens with zero attached hydrogens (tertiary/aromatic N) is 4. The van der Waals surface area contributed by atoms with Crippen molar-refractivity contribution in [1.82, 2.24) is 4.90 Å². The average Bonchev–Trinajstić information content (AvgIpc) is 2.78. The maximum absolute atomic E-state index is 12.2. The van der Waals surface area contributed by atoms with E-state index in [9.17, 15) is 4.79 Å². The summed E-state index contributed by atoms with van der Waals surface area (Å²) >= 11 is 0. The fraction of sp³-hybridized carbons (Fsp3) is 0.409. The van der Waals surface area contributed by atoms with Gasteiger partial charge in [0.15, 0.2) is 0 Å². The largest absolute Gasteiger partial charge is 0.497 e. The second-order valence-corrected chi connectivity index (χ2v) is 6.70. The molecule has 0 bridgehead atoms. The van der Waals surface area contributed by atoms with Crippen molar-refractivity contribution in [3.8, 4) is 5.75 Å². The van der Waals surface area contributed by atoms with Crippen molar-refractivity contribution in [2.45, 2.75) is 31.8 Å². The number of azide groups is 1. The van der Waals surface area contributed by atoms with Crippen LogP contribution in [-0.4, -0.2) is 38.2 Å². The zero-order valence-electron chi connectivity index (χ0n) is 17.2. The van der Waals surface area contributed by atoms with E-state index in [1.807, 2.05) is 54.6 Å². The van der Waals surface area contributed by atoms with Crippen LogP contribution < -0.4 is 4.74 Å². The molecule has 0 saturated heterocycles. The third-order valence-electron chi connectivity index (χ3n) is 5.01. The van der Waals surface area contributed by atoms with Gasteiger partial charge in [-0.05, 0) is 48.7 Å². The third-order valence-corrected chi connectivity index (χ3v) is 5.01. The van der Waals surface area contributed by atoms with Crippen LogP contribution in [0.4, 0.5) is 0 Å². The molecule has 0 aliphatic rings. The Hall–Kier alpha value is -3.02. The summed E-state index contributed by atoms with van der Waals surface area (Å²) in [5, 5.41) is 3.65. The average molecular weight is 396 g/mol. The number of rotatable bonds is 11. The normalized spacial score (nSPS) is 12.7. The van der Waals surface area contributed by atoms with E-state index >= 15 is 0 Å². The first-order valence-corrected chi connectivity index (χ1v) is 9.63. The van der Waals surface area contributed by atoms with E-state index in [0.717, 1.165) is 16.9 Å². The number of benzene rings is 2. The van der Waals surface area contributed by atoms with Crippen LogP contribution in [0.15, 0.2) is 59.7 Å². The molecule has 2 aromatic rings. The van der Waals surface area contributed by atoms with Gasteiger partial charge in [0, 0.05) is 23.5 Å². The van der Waals surface area contributed by atoms with E-state index in [1.165, 1.54) is 7.11 Å². The molecule has 29 heavy (non-hydrogen) atoms. The first-order valence-electron chi connectivity index (χ1n) is 9.63. The summed E-state index contributed by atoms with van der Waals surface area (Å²) in [6, 6.07) is 17.7. The number of hydrogen-bond donors (Lipinski definition) is 0. The van der Waals surface area contributed by atoms with Gasteiger partial charge in [-0.15, -0.1) is 0 Å². The predicted molar refractivity (Wildman–Crippen MR) is 113 cm³/mol. The van der Waals surface area contributed by atoms with Gasteiger partial charge >= 0.3 is 5.97 Å². The number of esters is 1. The molecular weight excluding hydrogens is 368 g/mol. The molecule has 0 aliphatic carbocycles. The highest BCUT2D eigenvalue weighted by Crippen LogP contribution is 2.34. The summed E-state index contributed by atoms with van der Waals surface area (Å²) < 4.78 is 10.2. The number of carbonyl (C=O) groups excluding carboxylic acids is 1. The van der Waals surface area contributed by atoms with E-state index < -0.39 is 0 Å². The minimum absolute atomic E-state index is 0.0295. The molecule has 0 saturated carbocycles. The number of carbonyl (C=O) groups is 1. The molecule has 0 unspecified atom stereocenters. The Balaban J connectivity index is 2.37. The molecule has 0 aromatic heterocycles. The first kappa shape index (κ1) is 22.3. The maximum atomic E-state index is 12.2. The van der Waals surface area contributed by atoms with Gasteiger partial charge in [0.25, 0.3) is 0 Å². The Morgan fingerprint density at radius 3 is 2.38 bits per heavy atom. The van der Waals surface area contributed by atoms with Crippen LogP contribution in [-0.2, 0) is 9.53 Å². The van der Waals surface area contributed by atoms with Crippen LogP contribution in [0.3, 0.4) is 0 Å². The van der Waals surface area contributed by atoms with E-state index in [2.05, 4.69) is 21.8 Å². The minimum atomic E-state index is -0.263. The Morgan fingerprint density at radius 1 is 1.10 bits per heavy atom. The van der Waals surface area contributed by atoms with Gasteiger partial charge in [0.2, 0.25) is 0 Å². The zero-order valence-corrected chi connectivity index (χ0v) is 17.2. The molecule has 7 nitrogen and oxygen atoms in total. The van der Waals surface area contributed by atoms with Gasteiger partial charge in [-0.25, -0.2) is 0 Å². The van der Waals surface area contributed by atoms with Crippen LogP contribution in [0.25, 0.3) is 10.4 Å². The van der Waals surface area contributed by atoms with Gasteiger partial charge in [0.1, 0.15) is 5.75 Å². The van der Waals surface area contributed by atoms with Gasteiger partial charge < -0.3 is 9.47 Å². The van der Waals surface area contributed by atoms with E-state index in [-0.39, 0.29) is 24.5 Å². The van der Waals surface area contributed by atoms with Crippen molar-refractivity contribution in [3.05, 3.63) is 76.2 Å². The lowest BCUT2D eigenvalue weighted by Crippen LogP contribution is -2.34. The smallest absolute Gasteiger partial charge is 0.307 e. The van der Waals surface area contributed by atoms with Crippen LogP contribution in [0.5, 0.6) is 5.75 Å². The second kappa shape index (κ2) is 11.7. The molecule has 0 aliphatic heterocycles. The van der Waals surface area contributed by atoms with Crippen LogP contribution in [0.1, 0.15) is 43.0 Å². The minimum Gasteiger partial charge on any atom is -0.497 e. The lowest BCUT2D eigenvalue weighted by atomic mass is 9.97. The van der Waals surface area contributed by atoms with Crippen LogP contribution in [0.2, 0.25) is 0 Å². The van der Waals surface area contributed by atoms with Crippen molar-refractivity contribution < 1.29 is 14.3 Å². The molecule has 0 heterocycles. The van der Waals surface area contributed by atoms with Gasteiger partial charge in [-0.3, -0.25) is 9.69 Å². The highest BCUT2D eigenvalue weighted by Gasteiger charge is 2.28. The van der Waals surface area contributed by atoms with Gasteiger partial charge in [-0.2, -0.15) is 0 Å². The highest BCUT2D eigenvalue weighted by atomic mass is 16.5. The SMILES string of the molecule is COC(=O)C[C@@H](c1ccccc1)N(CCCN=[N+]=[N-])[C@H](C)c1ccc(OC)cc1. The summed E-state index contributed by atoms with van der Waals surface area (Å²) in [5.41, 5.74) is 10.7. The van der Waals surface area contributed by atoms with Crippen molar-refractivity contribution >= 4 is 5.97 Å². The lowest BCUT2D eigenvalue weighted by Gasteiger charge is -2.37. The van der Waals surface area contributed by atoms with Crippen molar-refractivity contribution in [2.75, 3.05) is 27.3 Å². The first-order chi connectivity index (χ1) is 14.1. The summed E-state index contributed by atoms with van der Waals surface area (Å²) in [6.45, 7) is 3.19. The Kier molecular flexibility index (Phi) is 9.02. The second-order valence-electron chi connectivity index (χ2n) is 6.70. The Morgan fingerprint density at radius 2 is 1.79 bits per heavy atom. The van der Waals surface area contributed by atoms with E-state index in [4.69, 9.17) is 15.0 Å². The van der Waals surface area contributed by atoms with Crippen molar-refractivity contribution in [3.63, 3.8) is 0 Å². The lowest BCUT2D eigenvalue weighted by molar-refractivity contribution is -0.142. The molecule has 0 N–H and O–H groups in total. The zero-order chi connectivity index (χ0) is 21.1. The number of ether oxygens (including phenoxy) is 2. The van der Waals surface area contributed by atoms with E-state index in [1.54, 1.807) is 7.11 Å². The van der Waals surface area contributed by atoms with Gasteiger partial charge in [0.05, 0.1) is 20.6 Å². The molecule has 2 atom stereocenters. The predicted octanol–water partition coefficient (Wildman–Crippen LogP) is 5.06. The summed E-state index contributed by atoms with van der Waals surface area (Å²) in [4.78, 5) is 17.3. The molecule has 2 rings (SSSR count).